The van der Waals surface area contributed by atoms with Gasteiger partial charge in [-0.15, -0.1) is 0 Å². The van der Waals surface area contributed by atoms with Crippen molar-refractivity contribution in [3.05, 3.63) is 29.3 Å². The largest absolute Gasteiger partial charge is 0.460 e. The Labute approximate surface area is 139 Å². The summed E-state index contributed by atoms with van der Waals surface area (Å²) >= 11 is 0. The molecule has 0 bridgehead atoms. The second-order valence-electron chi connectivity index (χ2n) is 6.79. The van der Waals surface area contributed by atoms with Gasteiger partial charge in [-0.3, -0.25) is 4.79 Å². The first-order chi connectivity index (χ1) is 10.7. The standard InChI is InChI=1S/C17H27BN2O3/c1-12-5-7-14(19)9-13(12)6-8-15(20-18-11-21)10-16(22)23-17(2,3)4/h5,7,9,11,15,18,20H,6,8,10,19H2,1-4H3/t15-/m0/s1. The molecule has 5 nitrogen and oxygen atoms in total. The van der Waals surface area contributed by atoms with Gasteiger partial charge in [0.05, 0.1) is 12.6 Å². The van der Waals surface area contributed by atoms with Crippen LogP contribution in [0.4, 0.5) is 5.69 Å². The van der Waals surface area contributed by atoms with Crippen molar-refractivity contribution in [3.8, 4) is 0 Å². The molecule has 126 valence electrons. The summed E-state index contributed by atoms with van der Waals surface area (Å²) in [6, 6.07) is 5.73. The molecule has 0 radical (unpaired) electrons. The van der Waals surface area contributed by atoms with Gasteiger partial charge in [-0.2, -0.15) is 0 Å². The number of benzene rings is 1. The number of nitrogens with two attached hydrogens (primary N) is 1. The maximum Gasteiger partial charge on any atom is 0.307 e. The van der Waals surface area contributed by atoms with Crippen molar-refractivity contribution >= 4 is 25.3 Å². The Morgan fingerprint density at radius 1 is 1.43 bits per heavy atom. The fourth-order valence-corrected chi connectivity index (χ4v) is 2.37. The van der Waals surface area contributed by atoms with E-state index in [2.05, 4.69) is 5.23 Å². The van der Waals surface area contributed by atoms with Crippen molar-refractivity contribution in [1.82, 2.24) is 5.23 Å². The number of ether oxygens (including phenoxy) is 1. The number of esters is 1. The van der Waals surface area contributed by atoms with E-state index in [-0.39, 0.29) is 25.8 Å². The van der Waals surface area contributed by atoms with E-state index in [1.165, 1.54) is 5.56 Å². The number of carbonyl (C=O) groups is 2. The average Bonchev–Trinajstić information content (AvgIpc) is 2.43. The molecule has 1 aromatic carbocycles. The molecule has 0 heterocycles. The van der Waals surface area contributed by atoms with Gasteiger partial charge in [-0.05, 0) is 63.8 Å². The van der Waals surface area contributed by atoms with Gasteiger partial charge < -0.3 is 20.5 Å². The zero-order valence-electron chi connectivity index (χ0n) is 14.5. The zero-order valence-corrected chi connectivity index (χ0v) is 14.5. The number of anilines is 1. The summed E-state index contributed by atoms with van der Waals surface area (Å²) in [6.07, 6.45) is 2.56. The Bertz CT molecular complexity index is 541. The van der Waals surface area contributed by atoms with E-state index in [1.54, 1.807) is 0 Å². The third kappa shape index (κ3) is 7.84. The SMILES string of the molecule is Cc1ccc(N)cc1CC[C@@H](CC(=O)OC(C)(C)C)NBC=O. The van der Waals surface area contributed by atoms with Crippen molar-refractivity contribution < 1.29 is 14.3 Å². The molecule has 0 aliphatic heterocycles. The number of aryl methyl sites for hydroxylation is 2. The number of carbonyl (C=O) groups excluding carboxylic acids is 2. The van der Waals surface area contributed by atoms with Crippen LogP contribution in [0.15, 0.2) is 18.2 Å². The van der Waals surface area contributed by atoms with Gasteiger partial charge in [0.2, 0.25) is 0 Å². The Morgan fingerprint density at radius 3 is 2.74 bits per heavy atom. The molecule has 0 aliphatic rings. The number of rotatable bonds is 8. The minimum atomic E-state index is -0.503. The second-order valence-corrected chi connectivity index (χ2v) is 6.79. The zero-order chi connectivity index (χ0) is 17.5. The Balaban J connectivity index is 2.65. The summed E-state index contributed by atoms with van der Waals surface area (Å²) in [7, 11) is 0.226. The molecule has 0 aliphatic carbocycles. The highest BCUT2D eigenvalue weighted by Crippen LogP contribution is 2.17. The van der Waals surface area contributed by atoms with E-state index < -0.39 is 5.60 Å². The van der Waals surface area contributed by atoms with Gasteiger partial charge in [-0.25, -0.2) is 0 Å². The van der Waals surface area contributed by atoms with Crippen LogP contribution >= 0.6 is 0 Å². The maximum absolute atomic E-state index is 12.0. The van der Waals surface area contributed by atoms with Crippen LogP contribution in [0.1, 0.15) is 44.7 Å². The lowest BCUT2D eigenvalue weighted by Gasteiger charge is -2.23. The van der Waals surface area contributed by atoms with Gasteiger partial charge in [0.15, 0.2) is 0 Å². The minimum Gasteiger partial charge on any atom is -0.460 e. The molecule has 0 aromatic heterocycles. The lowest BCUT2D eigenvalue weighted by molar-refractivity contribution is -0.155. The molecule has 0 spiro atoms. The van der Waals surface area contributed by atoms with Gasteiger partial charge in [0.1, 0.15) is 5.60 Å². The fraction of sp³-hybridized carbons (Fsp3) is 0.529. The Hall–Kier alpha value is -1.82. The highest BCUT2D eigenvalue weighted by Gasteiger charge is 2.20. The van der Waals surface area contributed by atoms with Crippen LogP contribution in [0.2, 0.25) is 0 Å². The first-order valence-electron chi connectivity index (χ1n) is 7.95. The summed E-state index contributed by atoms with van der Waals surface area (Å²) in [5, 5.41) is 3.09. The number of nitrogen functional groups attached to an aromatic ring is 1. The molecular formula is C17H27BN2O3. The molecule has 0 fully saturated rings. The fourth-order valence-electron chi connectivity index (χ4n) is 2.37. The first-order valence-corrected chi connectivity index (χ1v) is 7.95. The molecule has 1 atom stereocenters. The molecule has 0 unspecified atom stereocenters. The third-order valence-corrected chi connectivity index (χ3v) is 3.46. The number of hydrogen-bond acceptors (Lipinski definition) is 5. The molecular weight excluding hydrogens is 291 g/mol. The molecule has 1 aromatic rings. The molecule has 23 heavy (non-hydrogen) atoms. The van der Waals surface area contributed by atoms with E-state index in [0.29, 0.717) is 0 Å². The van der Waals surface area contributed by atoms with Crippen molar-refractivity contribution in [1.29, 1.82) is 0 Å². The van der Waals surface area contributed by atoms with Gasteiger partial charge in [0.25, 0.3) is 7.41 Å². The molecule has 0 saturated heterocycles. The van der Waals surface area contributed by atoms with Crippen LogP contribution < -0.4 is 11.0 Å². The van der Waals surface area contributed by atoms with Crippen LogP contribution in [0, 0.1) is 6.92 Å². The summed E-state index contributed by atoms with van der Waals surface area (Å²) < 4.78 is 5.36. The topological polar surface area (TPSA) is 81.4 Å². The Kier molecular flexibility index (Phi) is 7.29. The van der Waals surface area contributed by atoms with Gasteiger partial charge in [-0.1, -0.05) is 6.07 Å². The Morgan fingerprint density at radius 2 is 2.13 bits per heavy atom. The van der Waals surface area contributed by atoms with Crippen LogP contribution in [0.5, 0.6) is 0 Å². The number of nitrogens with one attached hydrogen (secondary N) is 1. The van der Waals surface area contributed by atoms with E-state index in [1.807, 2.05) is 45.9 Å². The number of hydrogen-bond donors (Lipinski definition) is 2. The molecule has 3 N–H and O–H groups in total. The predicted molar refractivity (Wildman–Crippen MR) is 95.2 cm³/mol. The van der Waals surface area contributed by atoms with E-state index in [9.17, 15) is 9.59 Å². The predicted octanol–water partition coefficient (Wildman–Crippen LogP) is 1.74. The first kappa shape index (κ1) is 19.2. The van der Waals surface area contributed by atoms with E-state index in [4.69, 9.17) is 10.5 Å². The van der Waals surface area contributed by atoms with Crippen molar-refractivity contribution in [3.63, 3.8) is 0 Å². The highest BCUT2D eigenvalue weighted by atomic mass is 16.6. The van der Waals surface area contributed by atoms with Crippen LogP contribution in [-0.2, 0) is 20.7 Å². The minimum absolute atomic E-state index is 0.101. The smallest absolute Gasteiger partial charge is 0.307 e. The van der Waals surface area contributed by atoms with Crippen LogP contribution in [-0.4, -0.2) is 31.2 Å². The van der Waals surface area contributed by atoms with Crippen LogP contribution in [0.25, 0.3) is 0 Å². The summed E-state index contributed by atoms with van der Waals surface area (Å²) in [5.74, 6) is -0.259. The normalized spacial score (nSPS) is 12.5. The van der Waals surface area contributed by atoms with Crippen molar-refractivity contribution in [2.45, 2.75) is 58.6 Å². The summed E-state index contributed by atoms with van der Waals surface area (Å²) in [4.78, 5) is 22.6. The molecule has 0 saturated carbocycles. The third-order valence-electron chi connectivity index (χ3n) is 3.46. The van der Waals surface area contributed by atoms with Crippen molar-refractivity contribution in [2.75, 3.05) is 5.73 Å². The van der Waals surface area contributed by atoms with Crippen LogP contribution in [0.3, 0.4) is 0 Å². The van der Waals surface area contributed by atoms with E-state index >= 15 is 0 Å². The second kappa shape index (κ2) is 8.72. The van der Waals surface area contributed by atoms with E-state index in [0.717, 1.165) is 30.3 Å². The lowest BCUT2D eigenvalue weighted by Crippen LogP contribution is -2.37. The molecule has 6 heteroatoms. The maximum atomic E-state index is 12.0. The van der Waals surface area contributed by atoms with Gasteiger partial charge in [0, 0.05) is 11.7 Å². The van der Waals surface area contributed by atoms with Gasteiger partial charge >= 0.3 is 5.97 Å². The summed E-state index contributed by atoms with van der Waals surface area (Å²) in [6.45, 7) is 7.56. The molecule has 1 rings (SSSR count). The quantitative estimate of drug-likeness (QED) is 0.330. The summed E-state index contributed by atoms with van der Waals surface area (Å²) in [5.41, 5.74) is 8.39. The highest BCUT2D eigenvalue weighted by molar-refractivity contribution is 6.64. The lowest BCUT2D eigenvalue weighted by atomic mass is 9.92. The molecule has 0 amide bonds. The van der Waals surface area contributed by atoms with Crippen molar-refractivity contribution in [2.24, 2.45) is 0 Å². The average molecular weight is 318 g/mol. The monoisotopic (exact) mass is 318 g/mol.